The topological polar surface area (TPSA) is 67.0 Å². The molecule has 17 heavy (non-hydrogen) atoms. The van der Waals surface area contributed by atoms with Crippen molar-refractivity contribution in [1.82, 2.24) is 15.5 Å². The molecule has 5 heteroatoms. The predicted octanol–water partition coefficient (Wildman–Crippen LogP) is 1.31. The van der Waals surface area contributed by atoms with Gasteiger partial charge in [0.15, 0.2) is 0 Å². The highest BCUT2D eigenvalue weighted by molar-refractivity contribution is 5.75. The highest BCUT2D eigenvalue weighted by Crippen LogP contribution is 2.11. The van der Waals surface area contributed by atoms with Gasteiger partial charge in [-0.05, 0) is 19.8 Å². The highest BCUT2D eigenvalue weighted by Gasteiger charge is 2.22. The first-order valence-electron chi connectivity index (χ1n) is 5.79. The van der Waals surface area contributed by atoms with Gasteiger partial charge in [-0.25, -0.2) is 0 Å². The number of ether oxygens (including phenoxy) is 1. The largest absolute Gasteiger partial charge is 0.468 e. The molecule has 1 aromatic rings. The molecular weight excluding hydrogens is 218 g/mol. The van der Waals surface area contributed by atoms with E-state index < -0.39 is 0 Å². The maximum absolute atomic E-state index is 11.6. The van der Waals surface area contributed by atoms with Crippen molar-refractivity contribution in [3.63, 3.8) is 0 Å². The minimum atomic E-state index is -0.284. The third kappa shape index (κ3) is 3.30. The Kier molecular flexibility index (Phi) is 4.69. The average Bonchev–Trinajstić information content (AvgIpc) is 2.59. The number of nitrogens with zero attached hydrogens (tertiary/aromatic N) is 1. The van der Waals surface area contributed by atoms with Crippen LogP contribution in [0.15, 0.2) is 0 Å². The number of rotatable bonds is 5. The molecule has 1 rings (SSSR count). The molecule has 0 saturated carbocycles. The van der Waals surface area contributed by atoms with E-state index in [1.807, 2.05) is 27.7 Å². The van der Waals surface area contributed by atoms with Gasteiger partial charge >= 0.3 is 5.97 Å². The van der Waals surface area contributed by atoms with Crippen LogP contribution in [0.5, 0.6) is 0 Å². The average molecular weight is 239 g/mol. The summed E-state index contributed by atoms with van der Waals surface area (Å²) in [5.41, 5.74) is 3.10. The lowest BCUT2D eigenvalue weighted by Gasteiger charge is -2.19. The molecule has 0 aliphatic carbocycles. The summed E-state index contributed by atoms with van der Waals surface area (Å²) < 4.78 is 4.78. The van der Waals surface area contributed by atoms with E-state index in [1.54, 1.807) is 0 Å². The molecule has 2 N–H and O–H groups in total. The Hall–Kier alpha value is -1.36. The van der Waals surface area contributed by atoms with Gasteiger partial charge in [0, 0.05) is 17.8 Å². The molecule has 0 aliphatic rings. The van der Waals surface area contributed by atoms with Gasteiger partial charge in [0.25, 0.3) is 0 Å². The van der Waals surface area contributed by atoms with Crippen molar-refractivity contribution in [2.75, 3.05) is 7.11 Å². The molecule has 5 nitrogen and oxygen atoms in total. The SMILES string of the molecule is COC(=O)[C@@H](NCc1c(C)n[nH]c1C)C(C)C. The summed E-state index contributed by atoms with van der Waals surface area (Å²) in [6.45, 7) is 8.52. The van der Waals surface area contributed by atoms with E-state index in [0.29, 0.717) is 6.54 Å². The predicted molar refractivity (Wildman–Crippen MR) is 65.5 cm³/mol. The first-order valence-corrected chi connectivity index (χ1v) is 5.79. The number of nitrogens with one attached hydrogen (secondary N) is 2. The van der Waals surface area contributed by atoms with Gasteiger partial charge in [0.2, 0.25) is 0 Å². The molecule has 0 aromatic carbocycles. The van der Waals surface area contributed by atoms with Gasteiger partial charge in [-0.1, -0.05) is 13.8 Å². The Labute approximate surface area is 102 Å². The normalized spacial score (nSPS) is 12.8. The fourth-order valence-electron chi connectivity index (χ4n) is 1.76. The van der Waals surface area contributed by atoms with Crippen molar-refractivity contribution < 1.29 is 9.53 Å². The molecule has 1 heterocycles. The van der Waals surface area contributed by atoms with Crippen LogP contribution in [0.3, 0.4) is 0 Å². The molecule has 1 atom stereocenters. The van der Waals surface area contributed by atoms with Crippen LogP contribution in [0, 0.1) is 19.8 Å². The summed E-state index contributed by atoms with van der Waals surface area (Å²) in [5, 5.41) is 10.3. The van der Waals surface area contributed by atoms with Crippen molar-refractivity contribution in [2.24, 2.45) is 5.92 Å². The highest BCUT2D eigenvalue weighted by atomic mass is 16.5. The van der Waals surface area contributed by atoms with Gasteiger partial charge in [-0.15, -0.1) is 0 Å². The molecule has 0 bridgehead atoms. The van der Waals surface area contributed by atoms with E-state index in [0.717, 1.165) is 17.0 Å². The summed E-state index contributed by atoms with van der Waals surface area (Å²) in [4.78, 5) is 11.6. The van der Waals surface area contributed by atoms with Crippen LogP contribution in [-0.2, 0) is 16.1 Å². The molecular formula is C12H21N3O2. The van der Waals surface area contributed by atoms with E-state index in [4.69, 9.17) is 4.74 Å². The summed E-state index contributed by atoms with van der Waals surface area (Å²) in [6.07, 6.45) is 0. The monoisotopic (exact) mass is 239 g/mol. The van der Waals surface area contributed by atoms with Crippen LogP contribution in [0.2, 0.25) is 0 Å². The van der Waals surface area contributed by atoms with Gasteiger partial charge in [-0.2, -0.15) is 5.10 Å². The molecule has 0 amide bonds. The molecule has 0 spiro atoms. The number of H-pyrrole nitrogens is 1. The lowest BCUT2D eigenvalue weighted by atomic mass is 10.0. The standard InChI is InChI=1S/C12H21N3O2/c1-7(2)11(12(16)17-5)13-6-10-8(3)14-15-9(10)4/h7,11,13H,6H2,1-5H3,(H,14,15)/t11-/m0/s1. The van der Waals surface area contributed by atoms with Gasteiger partial charge in [0.05, 0.1) is 12.8 Å². The number of carbonyl (C=O) groups is 1. The van der Waals surface area contributed by atoms with E-state index in [9.17, 15) is 4.79 Å². The van der Waals surface area contributed by atoms with Crippen LogP contribution < -0.4 is 5.32 Å². The number of aromatic amines is 1. The zero-order chi connectivity index (χ0) is 13.0. The lowest BCUT2D eigenvalue weighted by molar-refractivity contribution is -0.144. The third-order valence-corrected chi connectivity index (χ3v) is 2.90. The molecule has 0 unspecified atom stereocenters. The van der Waals surface area contributed by atoms with Gasteiger partial charge < -0.3 is 4.74 Å². The molecule has 0 radical (unpaired) electrons. The maximum Gasteiger partial charge on any atom is 0.323 e. The number of hydrogen-bond donors (Lipinski definition) is 2. The van der Waals surface area contributed by atoms with E-state index >= 15 is 0 Å². The van der Waals surface area contributed by atoms with E-state index in [1.165, 1.54) is 7.11 Å². The van der Waals surface area contributed by atoms with Crippen molar-refractivity contribution >= 4 is 5.97 Å². The number of aromatic nitrogens is 2. The molecule has 0 aliphatic heterocycles. The second-order valence-corrected chi connectivity index (χ2v) is 4.54. The lowest BCUT2D eigenvalue weighted by Crippen LogP contribution is -2.41. The van der Waals surface area contributed by atoms with Crippen LogP contribution in [0.4, 0.5) is 0 Å². The minimum Gasteiger partial charge on any atom is -0.468 e. The fourth-order valence-corrected chi connectivity index (χ4v) is 1.76. The van der Waals surface area contributed by atoms with Crippen molar-refractivity contribution in [1.29, 1.82) is 0 Å². The van der Waals surface area contributed by atoms with Crippen LogP contribution >= 0.6 is 0 Å². The summed E-state index contributed by atoms with van der Waals surface area (Å²) in [7, 11) is 1.41. The zero-order valence-corrected chi connectivity index (χ0v) is 11.1. The first-order chi connectivity index (χ1) is 7.97. The van der Waals surface area contributed by atoms with Crippen LogP contribution in [0.25, 0.3) is 0 Å². The van der Waals surface area contributed by atoms with Crippen LogP contribution in [-0.4, -0.2) is 29.3 Å². The summed E-state index contributed by atoms with van der Waals surface area (Å²) in [6, 6.07) is -0.284. The summed E-state index contributed by atoms with van der Waals surface area (Å²) in [5.74, 6) is -0.0336. The molecule has 1 aromatic heterocycles. The Morgan fingerprint density at radius 1 is 1.47 bits per heavy atom. The number of hydrogen-bond acceptors (Lipinski definition) is 4. The Bertz CT molecular complexity index is 366. The minimum absolute atomic E-state index is 0.190. The Balaban J connectivity index is 2.67. The number of esters is 1. The Morgan fingerprint density at radius 3 is 2.53 bits per heavy atom. The van der Waals surface area contributed by atoms with Crippen molar-refractivity contribution in [2.45, 2.75) is 40.3 Å². The quantitative estimate of drug-likeness (QED) is 0.760. The van der Waals surface area contributed by atoms with Crippen molar-refractivity contribution in [3.05, 3.63) is 17.0 Å². The molecule has 0 saturated heterocycles. The Morgan fingerprint density at radius 2 is 2.12 bits per heavy atom. The second kappa shape index (κ2) is 5.82. The fraction of sp³-hybridized carbons (Fsp3) is 0.667. The molecule has 96 valence electrons. The van der Waals surface area contributed by atoms with Gasteiger partial charge in [0.1, 0.15) is 6.04 Å². The van der Waals surface area contributed by atoms with Gasteiger partial charge in [-0.3, -0.25) is 15.2 Å². The van der Waals surface area contributed by atoms with Crippen molar-refractivity contribution in [3.8, 4) is 0 Å². The third-order valence-electron chi connectivity index (χ3n) is 2.90. The first kappa shape index (κ1) is 13.7. The maximum atomic E-state index is 11.6. The second-order valence-electron chi connectivity index (χ2n) is 4.54. The number of carbonyl (C=O) groups excluding carboxylic acids is 1. The zero-order valence-electron chi connectivity index (χ0n) is 11.1. The smallest absolute Gasteiger partial charge is 0.323 e. The van der Waals surface area contributed by atoms with Crippen LogP contribution in [0.1, 0.15) is 30.8 Å². The van der Waals surface area contributed by atoms with E-state index in [2.05, 4.69) is 15.5 Å². The van der Waals surface area contributed by atoms with E-state index in [-0.39, 0.29) is 17.9 Å². The number of aryl methyl sites for hydroxylation is 2. The summed E-state index contributed by atoms with van der Waals surface area (Å²) >= 11 is 0. The number of methoxy groups -OCH3 is 1. The molecule has 0 fully saturated rings.